The van der Waals surface area contributed by atoms with Gasteiger partial charge in [-0.1, -0.05) is 0 Å². The van der Waals surface area contributed by atoms with Crippen molar-refractivity contribution in [1.82, 2.24) is 0 Å². The molecule has 1 fully saturated rings. The van der Waals surface area contributed by atoms with Crippen LogP contribution in [0.5, 0.6) is 0 Å². The second-order valence-corrected chi connectivity index (χ2v) is 3.43. The summed E-state index contributed by atoms with van der Waals surface area (Å²) in [7, 11) is 0. The lowest BCUT2D eigenvalue weighted by Crippen LogP contribution is -2.55. The van der Waals surface area contributed by atoms with Gasteiger partial charge in [0.2, 0.25) is 6.29 Å². The number of carbonyl (C=O) groups is 1. The molecule has 1 aliphatic rings. The van der Waals surface area contributed by atoms with Crippen molar-refractivity contribution in [3.63, 3.8) is 0 Å². The molecule has 8 heteroatoms. The summed E-state index contributed by atoms with van der Waals surface area (Å²) < 4.78 is 45.8. The minimum Gasteiger partial charge on any atom is -0.436 e. The van der Waals surface area contributed by atoms with Gasteiger partial charge >= 0.3 is 12.1 Å². The summed E-state index contributed by atoms with van der Waals surface area (Å²) in [6.45, 7) is 1.00. The van der Waals surface area contributed by atoms with E-state index >= 15 is 0 Å². The zero-order chi connectivity index (χ0) is 12.5. The quantitative estimate of drug-likeness (QED) is 0.632. The predicted octanol–water partition coefficient (Wildman–Crippen LogP) is -0.0514. The summed E-state index contributed by atoms with van der Waals surface area (Å²) >= 11 is 0. The Morgan fingerprint density at radius 3 is 2.44 bits per heavy atom. The highest BCUT2D eigenvalue weighted by Gasteiger charge is 2.52. The molecular weight excluding hydrogens is 233 g/mol. The molecular formula is C8H11F3O5. The predicted molar refractivity (Wildman–Crippen MR) is 43.1 cm³/mol. The van der Waals surface area contributed by atoms with Crippen LogP contribution in [0.4, 0.5) is 13.2 Å². The van der Waals surface area contributed by atoms with Gasteiger partial charge in [-0.05, 0) is 0 Å². The van der Waals surface area contributed by atoms with E-state index in [0.29, 0.717) is 0 Å². The Kier molecular flexibility index (Phi) is 3.76. The van der Waals surface area contributed by atoms with Crippen LogP contribution in [0.2, 0.25) is 0 Å². The van der Waals surface area contributed by atoms with Crippen LogP contribution in [0.15, 0.2) is 0 Å². The van der Waals surface area contributed by atoms with Gasteiger partial charge in [-0.2, -0.15) is 13.2 Å². The smallest absolute Gasteiger partial charge is 0.417 e. The number of alkyl halides is 3. The van der Waals surface area contributed by atoms with Gasteiger partial charge in [0.1, 0.15) is 6.10 Å². The number of esters is 1. The Morgan fingerprint density at radius 1 is 1.44 bits per heavy atom. The first-order valence-corrected chi connectivity index (χ1v) is 4.47. The Morgan fingerprint density at radius 2 is 2.00 bits per heavy atom. The maximum absolute atomic E-state index is 12.3. The van der Waals surface area contributed by atoms with Gasteiger partial charge in [-0.25, -0.2) is 0 Å². The van der Waals surface area contributed by atoms with Crippen molar-refractivity contribution in [2.75, 3.05) is 0 Å². The topological polar surface area (TPSA) is 76.0 Å². The molecule has 0 spiro atoms. The molecule has 0 saturated carbocycles. The van der Waals surface area contributed by atoms with E-state index in [1.165, 1.54) is 0 Å². The van der Waals surface area contributed by atoms with Crippen molar-refractivity contribution >= 4 is 5.97 Å². The number of aliphatic hydroxyl groups excluding tert-OH is 2. The lowest BCUT2D eigenvalue weighted by atomic mass is 10.0. The molecule has 0 aromatic rings. The Hall–Kier alpha value is -0.860. The number of hydrogen-bond acceptors (Lipinski definition) is 5. The van der Waals surface area contributed by atoms with E-state index in [-0.39, 0.29) is 0 Å². The number of carbonyl (C=O) groups excluding carboxylic acids is 1. The van der Waals surface area contributed by atoms with Crippen LogP contribution in [0.25, 0.3) is 0 Å². The zero-order valence-corrected chi connectivity index (χ0v) is 8.27. The SMILES string of the molecule is CC(=O)O[C@@H]1C[C@H](O)[C@H](O)[C@H](C(F)(F)F)O1. The van der Waals surface area contributed by atoms with E-state index in [0.717, 1.165) is 6.92 Å². The van der Waals surface area contributed by atoms with Gasteiger partial charge in [0.15, 0.2) is 6.10 Å². The first kappa shape index (κ1) is 13.2. The first-order valence-electron chi connectivity index (χ1n) is 4.47. The van der Waals surface area contributed by atoms with Crippen molar-refractivity contribution in [3.8, 4) is 0 Å². The fourth-order valence-corrected chi connectivity index (χ4v) is 1.37. The fourth-order valence-electron chi connectivity index (χ4n) is 1.37. The summed E-state index contributed by atoms with van der Waals surface area (Å²) in [5, 5.41) is 18.3. The first-order chi connectivity index (χ1) is 7.21. The van der Waals surface area contributed by atoms with Crippen LogP contribution in [0.3, 0.4) is 0 Å². The zero-order valence-electron chi connectivity index (χ0n) is 8.27. The van der Waals surface area contributed by atoms with Crippen LogP contribution in [-0.2, 0) is 14.3 Å². The molecule has 0 aromatic heterocycles. The average molecular weight is 244 g/mol. The van der Waals surface area contributed by atoms with Crippen LogP contribution < -0.4 is 0 Å². The molecule has 16 heavy (non-hydrogen) atoms. The normalized spacial score (nSPS) is 35.9. The highest BCUT2D eigenvalue weighted by atomic mass is 19.4. The Bertz CT molecular complexity index is 267. The molecule has 1 rings (SSSR count). The van der Waals surface area contributed by atoms with Crippen LogP contribution >= 0.6 is 0 Å². The fraction of sp³-hybridized carbons (Fsp3) is 0.875. The molecule has 0 amide bonds. The monoisotopic (exact) mass is 244 g/mol. The number of hydrogen-bond donors (Lipinski definition) is 2. The van der Waals surface area contributed by atoms with Crippen molar-refractivity contribution in [3.05, 3.63) is 0 Å². The van der Waals surface area contributed by atoms with Crippen molar-refractivity contribution in [2.24, 2.45) is 0 Å². The molecule has 4 atom stereocenters. The molecule has 1 aliphatic heterocycles. The summed E-state index contributed by atoms with van der Waals surface area (Å²) in [6, 6.07) is 0. The summed E-state index contributed by atoms with van der Waals surface area (Å²) in [6.07, 6.45) is -13.0. The molecule has 0 bridgehead atoms. The Labute approximate surface area is 88.8 Å². The maximum Gasteiger partial charge on any atom is 0.417 e. The number of rotatable bonds is 1. The molecule has 0 unspecified atom stereocenters. The van der Waals surface area contributed by atoms with Gasteiger partial charge in [-0.3, -0.25) is 4.79 Å². The van der Waals surface area contributed by atoms with Crippen LogP contribution in [0.1, 0.15) is 13.3 Å². The van der Waals surface area contributed by atoms with E-state index in [9.17, 15) is 23.1 Å². The Balaban J connectivity index is 2.73. The molecule has 0 aliphatic carbocycles. The van der Waals surface area contributed by atoms with Gasteiger partial charge in [0, 0.05) is 13.3 Å². The second-order valence-electron chi connectivity index (χ2n) is 3.43. The lowest BCUT2D eigenvalue weighted by molar-refractivity contribution is -0.322. The van der Waals surface area contributed by atoms with E-state index in [1.807, 2.05) is 0 Å². The molecule has 0 aromatic carbocycles. The molecule has 2 N–H and O–H groups in total. The maximum atomic E-state index is 12.3. The number of halogens is 3. The van der Waals surface area contributed by atoms with Crippen LogP contribution in [0, 0.1) is 0 Å². The minimum absolute atomic E-state index is 0.396. The third-order valence-corrected chi connectivity index (χ3v) is 2.06. The van der Waals surface area contributed by atoms with Gasteiger partial charge in [0.05, 0.1) is 6.10 Å². The summed E-state index contributed by atoms with van der Waals surface area (Å²) in [4.78, 5) is 10.5. The largest absolute Gasteiger partial charge is 0.436 e. The van der Waals surface area contributed by atoms with Crippen LogP contribution in [-0.4, -0.2) is 47.0 Å². The summed E-state index contributed by atoms with van der Waals surface area (Å²) in [5.74, 6) is -0.825. The van der Waals surface area contributed by atoms with Gasteiger partial charge < -0.3 is 19.7 Å². The molecule has 1 heterocycles. The highest BCUT2D eigenvalue weighted by Crippen LogP contribution is 2.32. The van der Waals surface area contributed by atoms with E-state index in [4.69, 9.17) is 5.11 Å². The van der Waals surface area contributed by atoms with E-state index in [1.54, 1.807) is 0 Å². The summed E-state index contributed by atoms with van der Waals surface area (Å²) in [5.41, 5.74) is 0. The standard InChI is InChI=1S/C8H11F3O5/c1-3(12)15-5-2-4(13)6(14)7(16-5)8(9,10)11/h4-7,13-14H,2H2,1H3/t4-,5-,6-,7+/m0/s1. The second kappa shape index (κ2) is 4.56. The van der Waals surface area contributed by atoms with E-state index < -0.39 is 43.2 Å². The number of ether oxygens (including phenoxy) is 2. The average Bonchev–Trinajstić information content (AvgIpc) is 2.08. The molecule has 0 radical (unpaired) electrons. The lowest BCUT2D eigenvalue weighted by Gasteiger charge is -2.37. The molecule has 5 nitrogen and oxygen atoms in total. The van der Waals surface area contributed by atoms with E-state index in [2.05, 4.69) is 9.47 Å². The third-order valence-electron chi connectivity index (χ3n) is 2.06. The van der Waals surface area contributed by atoms with Crippen molar-refractivity contribution in [2.45, 2.75) is 44.1 Å². The highest BCUT2D eigenvalue weighted by molar-refractivity contribution is 5.66. The van der Waals surface area contributed by atoms with Crippen molar-refractivity contribution < 1.29 is 37.7 Å². The van der Waals surface area contributed by atoms with Crippen molar-refractivity contribution in [1.29, 1.82) is 0 Å². The third kappa shape index (κ3) is 3.06. The number of aliphatic hydroxyl groups is 2. The minimum atomic E-state index is -4.83. The van der Waals surface area contributed by atoms with Gasteiger partial charge in [0.25, 0.3) is 0 Å². The molecule has 94 valence electrons. The van der Waals surface area contributed by atoms with Gasteiger partial charge in [-0.15, -0.1) is 0 Å². The molecule has 1 saturated heterocycles.